The fraction of sp³-hybridized carbons (Fsp3) is 0.116. The van der Waals surface area contributed by atoms with Crippen LogP contribution in [0.2, 0.25) is 0 Å². The highest BCUT2D eigenvalue weighted by atomic mass is 32.1. The summed E-state index contributed by atoms with van der Waals surface area (Å²) in [4.78, 5) is 2.64. The molecule has 3 aliphatic rings. The smallest absolute Gasteiger partial charge is 0.193 e. The zero-order chi connectivity index (χ0) is 31.9. The normalized spacial score (nSPS) is 16.4. The van der Waals surface area contributed by atoms with Gasteiger partial charge < -0.3 is 9.47 Å². The molecule has 0 radical (unpaired) electrons. The molecule has 48 heavy (non-hydrogen) atoms. The Balaban J connectivity index is 1.31. The van der Waals surface area contributed by atoms with Crippen LogP contribution in [-0.4, -0.2) is 11.8 Å². The predicted octanol–water partition coefficient (Wildman–Crippen LogP) is 11.2. The van der Waals surface area contributed by atoms with Crippen molar-refractivity contribution in [3.05, 3.63) is 138 Å². The van der Waals surface area contributed by atoms with Crippen LogP contribution in [0.3, 0.4) is 0 Å². The minimum Gasteiger partial charge on any atom is -0.342 e. The van der Waals surface area contributed by atoms with E-state index in [4.69, 9.17) is 0 Å². The van der Waals surface area contributed by atoms with Gasteiger partial charge in [0.2, 0.25) is 0 Å². The number of para-hydroxylation sites is 2. The third-order valence-corrected chi connectivity index (χ3v) is 13.6. The van der Waals surface area contributed by atoms with Gasteiger partial charge in [-0.25, -0.2) is 0 Å². The minimum atomic E-state index is -0.0922. The second kappa shape index (κ2) is 9.40. The van der Waals surface area contributed by atoms with Gasteiger partial charge in [0.05, 0.1) is 21.4 Å². The Labute approximate surface area is 287 Å². The molecular formula is C43H31BN2S2. The van der Waals surface area contributed by atoms with E-state index < -0.39 is 0 Å². The Morgan fingerprint density at radius 2 is 1.44 bits per heavy atom. The fourth-order valence-corrected chi connectivity index (χ4v) is 11.6. The van der Waals surface area contributed by atoms with Crippen molar-refractivity contribution < 1.29 is 0 Å². The number of hydrogen-bond donors (Lipinski definition) is 0. The van der Waals surface area contributed by atoms with Crippen LogP contribution in [0, 0.1) is 0 Å². The third-order valence-electron chi connectivity index (χ3n) is 11.2. The van der Waals surface area contributed by atoms with Crippen molar-refractivity contribution in [3.8, 4) is 11.1 Å². The molecular weight excluding hydrogens is 619 g/mol. The lowest BCUT2D eigenvalue weighted by atomic mass is 9.54. The van der Waals surface area contributed by atoms with E-state index in [9.17, 15) is 0 Å². The number of thiophene rings is 2. The Morgan fingerprint density at radius 1 is 0.708 bits per heavy atom. The number of rotatable bonds is 1. The molecule has 0 atom stereocenters. The maximum Gasteiger partial charge on any atom is 0.193 e. The molecule has 228 valence electrons. The van der Waals surface area contributed by atoms with E-state index in [1.54, 1.807) is 0 Å². The van der Waals surface area contributed by atoms with Gasteiger partial charge in [0.25, 0.3) is 0 Å². The maximum atomic E-state index is 2.64. The first-order valence-corrected chi connectivity index (χ1v) is 18.5. The highest BCUT2D eigenvalue weighted by Gasteiger charge is 2.43. The summed E-state index contributed by atoms with van der Waals surface area (Å²) in [6.45, 7) is 4.81. The molecule has 0 saturated heterocycles. The molecule has 5 aromatic carbocycles. The molecule has 0 bridgehead atoms. The van der Waals surface area contributed by atoms with Gasteiger partial charge in [-0.2, -0.15) is 0 Å². The molecule has 0 saturated carbocycles. The average molecular weight is 651 g/mol. The van der Waals surface area contributed by atoms with E-state index >= 15 is 0 Å². The quantitative estimate of drug-likeness (QED) is 0.161. The van der Waals surface area contributed by atoms with Crippen LogP contribution in [0.4, 0.5) is 11.4 Å². The number of hydrogen-bond acceptors (Lipinski definition) is 3. The van der Waals surface area contributed by atoms with Crippen LogP contribution >= 0.6 is 22.7 Å². The molecule has 5 heterocycles. The van der Waals surface area contributed by atoms with Gasteiger partial charge >= 0.3 is 0 Å². The first-order valence-electron chi connectivity index (χ1n) is 16.9. The summed E-state index contributed by atoms with van der Waals surface area (Å²) in [5.74, 6) is 0. The van der Waals surface area contributed by atoms with Crippen molar-refractivity contribution in [3.63, 3.8) is 0 Å². The van der Waals surface area contributed by atoms with E-state index in [1.807, 2.05) is 22.7 Å². The molecule has 0 spiro atoms. The summed E-state index contributed by atoms with van der Waals surface area (Å²) < 4.78 is 7.96. The van der Waals surface area contributed by atoms with Gasteiger partial charge in [-0.1, -0.05) is 110 Å². The summed E-state index contributed by atoms with van der Waals surface area (Å²) in [6, 6.07) is 36.5. The lowest BCUT2D eigenvalue weighted by Crippen LogP contribution is -2.43. The van der Waals surface area contributed by atoms with Crippen molar-refractivity contribution in [2.75, 3.05) is 4.90 Å². The molecule has 0 fully saturated rings. The Morgan fingerprint density at radius 3 is 2.31 bits per heavy atom. The van der Waals surface area contributed by atoms with Gasteiger partial charge in [0.15, 0.2) is 7.28 Å². The molecule has 1 aliphatic carbocycles. The summed E-state index contributed by atoms with van der Waals surface area (Å²) in [5.41, 5.74) is 15.1. The number of aromatic nitrogens is 1. The van der Waals surface area contributed by atoms with E-state index in [0.717, 1.165) is 13.7 Å². The van der Waals surface area contributed by atoms with Gasteiger partial charge in [0, 0.05) is 65.1 Å². The largest absolute Gasteiger partial charge is 0.342 e. The number of fused-ring (bicyclic) bond motifs is 12. The highest BCUT2D eigenvalue weighted by molar-refractivity contribution is 7.27. The molecule has 8 aromatic rings. The summed E-state index contributed by atoms with van der Waals surface area (Å²) in [6.07, 6.45) is 8.01. The molecule has 0 amide bonds. The Hall–Kier alpha value is -4.84. The van der Waals surface area contributed by atoms with Crippen molar-refractivity contribution in [1.82, 2.24) is 4.57 Å². The van der Waals surface area contributed by atoms with Crippen LogP contribution < -0.4 is 10.4 Å². The van der Waals surface area contributed by atoms with Crippen LogP contribution in [0.25, 0.3) is 62.5 Å². The molecule has 2 aliphatic heterocycles. The van der Waals surface area contributed by atoms with Crippen LogP contribution in [0.1, 0.15) is 25.8 Å². The van der Waals surface area contributed by atoms with E-state index in [-0.39, 0.29) is 5.41 Å². The van der Waals surface area contributed by atoms with Crippen LogP contribution in [0.5, 0.6) is 0 Å². The standard InChI is InChI=1S/C43H31BN2S2/c1-43(2)29-17-7-9-20-32(29)46-33-23-28-24-13-4-10-21-34(24)47-41(28)36(37(33)44-31-19-8-6-18-30(43)40(31)46)26-15-12-16-27-38(26)45(3)39-25-14-5-11-22-35(25)48-42(27)39/h4-18,20-23,44H,19H2,1-3H3. The summed E-state index contributed by atoms with van der Waals surface area (Å²) in [5, 5.41) is 5.39. The minimum absolute atomic E-state index is 0.0922. The SMILES string of the molecule is Cn1c2c(-c3c4c(cc5c3sc3ccccc35)N3C5=C(B4)CC=CC=C5C(C)(C)c4ccccc43)cccc2c2sc3ccccc3c21. The number of aryl methyl sites for hydroxylation is 1. The van der Waals surface area contributed by atoms with Gasteiger partial charge in [0.1, 0.15) is 0 Å². The number of benzene rings is 5. The van der Waals surface area contributed by atoms with Crippen molar-refractivity contribution in [1.29, 1.82) is 0 Å². The van der Waals surface area contributed by atoms with Crippen molar-refractivity contribution in [2.24, 2.45) is 7.05 Å². The molecule has 2 nitrogen and oxygen atoms in total. The number of nitrogens with zero attached hydrogens (tertiary/aromatic N) is 2. The topological polar surface area (TPSA) is 8.17 Å². The maximum absolute atomic E-state index is 2.64. The van der Waals surface area contributed by atoms with Gasteiger partial charge in [-0.3, -0.25) is 0 Å². The van der Waals surface area contributed by atoms with Gasteiger partial charge in [-0.05, 0) is 52.8 Å². The van der Waals surface area contributed by atoms with Crippen LogP contribution in [-0.2, 0) is 12.5 Å². The molecule has 5 heteroatoms. The average Bonchev–Trinajstić information content (AvgIpc) is 3.70. The van der Waals surface area contributed by atoms with E-state index in [0.29, 0.717) is 0 Å². The Bertz CT molecular complexity index is 2840. The van der Waals surface area contributed by atoms with E-state index in [1.165, 1.54) is 102 Å². The fourth-order valence-electron chi connectivity index (χ4n) is 9.10. The van der Waals surface area contributed by atoms with Crippen LogP contribution in [0.15, 0.2) is 132 Å². The zero-order valence-corrected chi connectivity index (χ0v) is 28.7. The van der Waals surface area contributed by atoms with Crippen molar-refractivity contribution in [2.45, 2.75) is 25.7 Å². The second-order valence-electron chi connectivity index (χ2n) is 14.1. The zero-order valence-electron chi connectivity index (χ0n) is 27.1. The lowest BCUT2D eigenvalue weighted by Gasteiger charge is -2.47. The predicted molar refractivity (Wildman–Crippen MR) is 211 cm³/mol. The molecule has 3 aromatic heterocycles. The first kappa shape index (κ1) is 27.2. The van der Waals surface area contributed by atoms with Gasteiger partial charge in [-0.15, -0.1) is 22.7 Å². The summed E-state index contributed by atoms with van der Waals surface area (Å²) in [7, 11) is 3.22. The number of anilines is 2. The molecule has 0 unspecified atom stereocenters. The monoisotopic (exact) mass is 650 g/mol. The van der Waals surface area contributed by atoms with Crippen molar-refractivity contribution >= 4 is 98.2 Å². The lowest BCUT2D eigenvalue weighted by molar-refractivity contribution is 0.612. The molecule has 11 rings (SSSR count). The first-order chi connectivity index (χ1) is 23.5. The molecule has 0 N–H and O–H groups in total. The Kier molecular flexibility index (Phi) is 5.32. The second-order valence-corrected chi connectivity index (χ2v) is 16.2. The number of allylic oxidation sites excluding steroid dienone is 5. The third kappa shape index (κ3) is 3.33. The highest BCUT2D eigenvalue weighted by Crippen LogP contribution is 2.55. The van der Waals surface area contributed by atoms with E-state index in [2.05, 4.69) is 146 Å². The summed E-state index contributed by atoms with van der Waals surface area (Å²) >= 11 is 3.88.